The Labute approximate surface area is 304 Å². The average molecular weight is 710 g/mol. The Bertz CT molecular complexity index is 1980. The molecule has 3 fully saturated rings. The van der Waals surface area contributed by atoms with E-state index in [0.29, 0.717) is 62.6 Å². The fraction of sp³-hybridized carbons (Fsp3) is 0.525. The van der Waals surface area contributed by atoms with Crippen molar-refractivity contribution in [1.29, 1.82) is 0 Å². The van der Waals surface area contributed by atoms with E-state index >= 15 is 0 Å². The van der Waals surface area contributed by atoms with Crippen LogP contribution in [-0.4, -0.2) is 118 Å². The number of pyridine rings is 1. The highest BCUT2D eigenvalue weighted by Gasteiger charge is 2.34. The number of carbonyl (C=O) groups is 3. The predicted molar refractivity (Wildman–Crippen MR) is 200 cm³/mol. The van der Waals surface area contributed by atoms with Crippen molar-refractivity contribution in [2.75, 3.05) is 59.4 Å². The number of rotatable bonds is 9. The van der Waals surface area contributed by atoms with Gasteiger partial charge in [0.1, 0.15) is 0 Å². The van der Waals surface area contributed by atoms with E-state index < -0.39 is 11.9 Å². The van der Waals surface area contributed by atoms with Crippen LogP contribution in [0.25, 0.3) is 21.8 Å². The Hall–Kier alpha value is -4.55. The molecule has 1 N–H and O–H groups in total. The lowest BCUT2D eigenvalue weighted by molar-refractivity contribution is -0.144. The lowest BCUT2D eigenvalue weighted by atomic mass is 9.88. The Morgan fingerprint density at radius 3 is 2.37 bits per heavy atom. The van der Waals surface area contributed by atoms with Crippen molar-refractivity contribution in [3.05, 3.63) is 75.7 Å². The largest absolute Gasteiger partial charge is 0.444 e. The summed E-state index contributed by atoms with van der Waals surface area (Å²) in [6.45, 7) is 9.57. The third-order valence-electron chi connectivity index (χ3n) is 11.6. The van der Waals surface area contributed by atoms with E-state index in [0.717, 1.165) is 53.6 Å². The summed E-state index contributed by atoms with van der Waals surface area (Å²) >= 11 is 0. The number of aryl methyl sites for hydroxylation is 1. The molecule has 2 amide bonds. The minimum Gasteiger partial charge on any atom is -0.444 e. The number of hydrogen-bond acceptors (Lipinski definition) is 8. The number of nitrogens with one attached hydrogen (secondary N) is 1. The van der Waals surface area contributed by atoms with Gasteiger partial charge in [-0.25, -0.2) is 0 Å². The first-order chi connectivity index (χ1) is 25.1. The normalized spacial score (nSPS) is 19.0. The van der Waals surface area contributed by atoms with Crippen LogP contribution in [-0.2, 0) is 32.3 Å². The van der Waals surface area contributed by atoms with Crippen molar-refractivity contribution < 1.29 is 19.1 Å². The summed E-state index contributed by atoms with van der Waals surface area (Å²) in [7, 11) is 2.18. The number of piperidine rings is 2. The van der Waals surface area contributed by atoms with Gasteiger partial charge < -0.3 is 19.4 Å². The number of aromatic amines is 1. The number of likely N-dealkylation sites (tertiary alicyclic amines) is 2. The zero-order valence-electron chi connectivity index (χ0n) is 30.7. The number of hydrogen-bond donors (Lipinski definition) is 1. The molecule has 52 heavy (non-hydrogen) atoms. The Balaban J connectivity index is 1.04. The molecule has 0 unspecified atom stereocenters. The molecule has 0 aliphatic carbocycles. The molecular weight excluding hydrogens is 658 g/mol. The Morgan fingerprint density at radius 2 is 1.63 bits per heavy atom. The van der Waals surface area contributed by atoms with E-state index in [4.69, 9.17) is 4.74 Å². The number of amides is 2. The summed E-state index contributed by atoms with van der Waals surface area (Å²) < 4.78 is 6.77. The molecule has 3 aliphatic heterocycles. The van der Waals surface area contributed by atoms with Crippen molar-refractivity contribution in [3.63, 3.8) is 0 Å². The van der Waals surface area contributed by atoms with E-state index in [2.05, 4.69) is 39.2 Å². The third kappa shape index (κ3) is 7.78. The van der Waals surface area contributed by atoms with Crippen molar-refractivity contribution in [2.45, 2.75) is 71.1 Å². The van der Waals surface area contributed by atoms with Crippen LogP contribution >= 0.6 is 0 Å². The molecule has 12 nitrogen and oxygen atoms in total. The van der Waals surface area contributed by atoms with Gasteiger partial charge in [-0.3, -0.25) is 33.7 Å². The number of benzene rings is 2. The van der Waals surface area contributed by atoms with Gasteiger partial charge in [0.2, 0.25) is 11.8 Å². The van der Waals surface area contributed by atoms with Crippen molar-refractivity contribution in [3.8, 4) is 0 Å². The van der Waals surface area contributed by atoms with Gasteiger partial charge in [-0.05, 0) is 99.8 Å². The van der Waals surface area contributed by atoms with Crippen LogP contribution in [0.1, 0.15) is 61.6 Å². The highest BCUT2D eigenvalue weighted by Crippen LogP contribution is 2.30. The quantitative estimate of drug-likeness (QED) is 0.260. The fourth-order valence-electron chi connectivity index (χ4n) is 8.59. The van der Waals surface area contributed by atoms with Gasteiger partial charge >= 0.3 is 5.97 Å². The minimum absolute atomic E-state index is 0.0198. The highest BCUT2D eigenvalue weighted by molar-refractivity contribution is 5.87. The molecule has 2 aromatic heterocycles. The molecule has 0 bridgehead atoms. The average Bonchev–Trinajstić information content (AvgIpc) is 3.64. The third-order valence-corrected chi connectivity index (χ3v) is 11.6. The molecule has 0 radical (unpaired) electrons. The van der Waals surface area contributed by atoms with E-state index in [1.807, 2.05) is 47.1 Å². The van der Waals surface area contributed by atoms with Crippen LogP contribution in [0.15, 0.2) is 53.5 Å². The number of H-pyrrole nitrogens is 1. The van der Waals surface area contributed by atoms with E-state index in [-0.39, 0.29) is 36.4 Å². The molecule has 12 heteroatoms. The smallest absolute Gasteiger partial charge is 0.304 e. The molecule has 7 rings (SSSR count). The molecule has 3 aliphatic rings. The van der Waals surface area contributed by atoms with Crippen molar-refractivity contribution >= 4 is 39.6 Å². The maximum Gasteiger partial charge on any atom is 0.304 e. The number of aromatic nitrogens is 3. The first-order valence-corrected chi connectivity index (χ1v) is 18.8. The number of carbonyl (C=O) groups excluding carboxylic acids is 3. The van der Waals surface area contributed by atoms with Gasteiger partial charge in [-0.1, -0.05) is 24.3 Å². The maximum absolute atomic E-state index is 14.3. The van der Waals surface area contributed by atoms with Gasteiger partial charge in [0.25, 0.3) is 5.56 Å². The molecule has 0 saturated carbocycles. The van der Waals surface area contributed by atoms with Crippen molar-refractivity contribution in [2.24, 2.45) is 5.92 Å². The number of ether oxygens (including phenoxy) is 1. The molecule has 1 atom stereocenters. The lowest BCUT2D eigenvalue weighted by Crippen LogP contribution is -2.55. The van der Waals surface area contributed by atoms with E-state index in [1.54, 1.807) is 6.20 Å². The molecule has 276 valence electrons. The topological polar surface area (TPSA) is 124 Å². The van der Waals surface area contributed by atoms with Gasteiger partial charge in [-0.15, -0.1) is 0 Å². The van der Waals surface area contributed by atoms with Crippen LogP contribution in [0.5, 0.6) is 0 Å². The lowest BCUT2D eigenvalue weighted by Gasteiger charge is -2.43. The summed E-state index contributed by atoms with van der Waals surface area (Å²) in [4.78, 5) is 62.4. The summed E-state index contributed by atoms with van der Waals surface area (Å²) in [5, 5.41) is 9.17. The summed E-state index contributed by atoms with van der Waals surface area (Å²) in [6, 6.07) is 14.3. The standard InChI is InChI=1S/C40H51N7O5/c1-27-20-29(22-33-25-41-42-38(27)33)21-32(39(50)46-18-16-44(17-19-46)34-10-12-43(3)13-11-34)24-37(49)45-14-8-30(9-15-45)35-23-31-6-4-5-7-36(31)47(40(35)51)26-52-28(2)48/h4-7,20,22-23,25,30,32,34H,8-19,21,24,26H2,1-3H3,(H,41,42)/t32-/m0/s1. The van der Waals surface area contributed by atoms with Gasteiger partial charge in [-0.2, -0.15) is 5.10 Å². The summed E-state index contributed by atoms with van der Waals surface area (Å²) in [5.41, 5.74) is 4.30. The van der Waals surface area contributed by atoms with Crippen molar-refractivity contribution in [1.82, 2.24) is 34.4 Å². The second kappa shape index (κ2) is 15.6. The molecular formula is C40H51N7O5. The van der Waals surface area contributed by atoms with Crippen LogP contribution in [0.2, 0.25) is 0 Å². The summed E-state index contributed by atoms with van der Waals surface area (Å²) in [5.74, 6) is -0.920. The minimum atomic E-state index is -0.474. The molecule has 2 aromatic carbocycles. The molecule has 3 saturated heterocycles. The second-order valence-electron chi connectivity index (χ2n) is 15.1. The Kier molecular flexibility index (Phi) is 10.7. The first kappa shape index (κ1) is 35.8. The van der Waals surface area contributed by atoms with Crippen LogP contribution in [0.3, 0.4) is 0 Å². The number of para-hydroxylation sites is 1. The number of piperazine rings is 1. The van der Waals surface area contributed by atoms with E-state index in [1.165, 1.54) is 24.3 Å². The SMILES string of the molecule is CC(=O)OCn1c(=O)c(C2CCN(C(=O)C[C@H](Cc3cc(C)c4[nH]ncc4c3)C(=O)N3CCN(C4CCN(C)CC4)CC3)CC2)cc2ccccc21. The van der Waals surface area contributed by atoms with Gasteiger partial charge in [0.15, 0.2) is 6.73 Å². The second-order valence-corrected chi connectivity index (χ2v) is 15.1. The fourth-order valence-corrected chi connectivity index (χ4v) is 8.59. The zero-order chi connectivity index (χ0) is 36.4. The summed E-state index contributed by atoms with van der Waals surface area (Å²) in [6.07, 6.45) is 6.05. The molecule has 0 spiro atoms. The number of fused-ring (bicyclic) bond motifs is 2. The van der Waals surface area contributed by atoms with Crippen LogP contribution in [0, 0.1) is 12.8 Å². The number of nitrogens with zero attached hydrogens (tertiary/aromatic N) is 6. The number of esters is 1. The van der Waals surface area contributed by atoms with E-state index in [9.17, 15) is 19.2 Å². The monoisotopic (exact) mass is 709 g/mol. The Morgan fingerprint density at radius 1 is 0.904 bits per heavy atom. The van der Waals surface area contributed by atoms with Gasteiger partial charge in [0, 0.05) is 69.6 Å². The predicted octanol–water partition coefficient (Wildman–Crippen LogP) is 3.90. The van der Waals surface area contributed by atoms with Gasteiger partial charge in [0.05, 0.1) is 23.1 Å². The van der Waals surface area contributed by atoms with Crippen LogP contribution in [0.4, 0.5) is 0 Å². The first-order valence-electron chi connectivity index (χ1n) is 18.8. The highest BCUT2D eigenvalue weighted by atomic mass is 16.5. The molecule has 4 aromatic rings. The van der Waals surface area contributed by atoms with Crippen LogP contribution < -0.4 is 5.56 Å². The maximum atomic E-state index is 14.3. The zero-order valence-corrected chi connectivity index (χ0v) is 30.7. The molecule has 5 heterocycles.